The summed E-state index contributed by atoms with van der Waals surface area (Å²) < 4.78 is 7.37. The van der Waals surface area contributed by atoms with Crippen molar-refractivity contribution in [1.29, 1.82) is 5.26 Å². The Morgan fingerprint density at radius 3 is 2.89 bits per heavy atom. The second-order valence-electron chi connectivity index (χ2n) is 4.45. The van der Waals surface area contributed by atoms with Crippen LogP contribution in [0.2, 0.25) is 0 Å². The van der Waals surface area contributed by atoms with E-state index in [9.17, 15) is 0 Å². The van der Waals surface area contributed by atoms with Crippen LogP contribution in [0, 0.1) is 11.3 Å². The molecule has 0 unspecified atom stereocenters. The number of nitrogens with zero attached hydrogens (tertiary/aromatic N) is 3. The average molecular weight is 251 g/mol. The van der Waals surface area contributed by atoms with E-state index in [2.05, 4.69) is 11.1 Å². The van der Waals surface area contributed by atoms with Crippen molar-refractivity contribution in [3.8, 4) is 6.07 Å². The fraction of sp³-hybridized carbons (Fsp3) is 0.200. The predicted octanol–water partition coefficient (Wildman–Crippen LogP) is 2.82. The van der Waals surface area contributed by atoms with Gasteiger partial charge in [0.2, 0.25) is 0 Å². The van der Waals surface area contributed by atoms with E-state index in [0.717, 1.165) is 35.5 Å². The zero-order valence-electron chi connectivity index (χ0n) is 10.6. The van der Waals surface area contributed by atoms with Crippen molar-refractivity contribution >= 4 is 11.0 Å². The van der Waals surface area contributed by atoms with Gasteiger partial charge < -0.3 is 8.98 Å². The van der Waals surface area contributed by atoms with Gasteiger partial charge in [-0.2, -0.15) is 5.26 Å². The van der Waals surface area contributed by atoms with Gasteiger partial charge in [0.05, 0.1) is 17.3 Å². The van der Waals surface area contributed by atoms with E-state index in [1.807, 2.05) is 35.9 Å². The maximum atomic E-state index is 9.10. The molecular weight excluding hydrogens is 238 g/mol. The van der Waals surface area contributed by atoms with Crippen molar-refractivity contribution in [2.45, 2.75) is 12.8 Å². The number of furan rings is 1. The van der Waals surface area contributed by atoms with E-state index in [4.69, 9.17) is 9.68 Å². The first kappa shape index (κ1) is 11.5. The summed E-state index contributed by atoms with van der Waals surface area (Å²) in [4.78, 5) is 4.58. The smallest absolute Gasteiger partial charge is 0.110 e. The topological polar surface area (TPSA) is 54.8 Å². The Labute approximate surface area is 110 Å². The highest BCUT2D eigenvalue weighted by molar-refractivity contribution is 5.82. The molecule has 94 valence electrons. The van der Waals surface area contributed by atoms with Crippen molar-refractivity contribution in [2.24, 2.45) is 7.05 Å². The molecule has 0 amide bonds. The number of imidazole rings is 1. The molecule has 2 aromatic heterocycles. The largest absolute Gasteiger partial charge is 0.469 e. The number of aryl methyl sites for hydroxylation is 3. The van der Waals surface area contributed by atoms with Crippen LogP contribution in [0.25, 0.3) is 11.0 Å². The molecule has 0 atom stereocenters. The number of benzene rings is 1. The molecule has 19 heavy (non-hydrogen) atoms. The Morgan fingerprint density at radius 2 is 2.16 bits per heavy atom. The molecule has 0 aliphatic heterocycles. The molecule has 3 rings (SSSR count). The van der Waals surface area contributed by atoms with Crippen molar-refractivity contribution in [2.75, 3.05) is 0 Å². The van der Waals surface area contributed by atoms with E-state index in [0.29, 0.717) is 5.56 Å². The Bertz CT molecular complexity index is 748. The quantitative estimate of drug-likeness (QED) is 0.719. The molecule has 0 fully saturated rings. The maximum absolute atomic E-state index is 9.10. The molecule has 4 nitrogen and oxygen atoms in total. The monoisotopic (exact) mass is 251 g/mol. The van der Waals surface area contributed by atoms with E-state index in [-0.39, 0.29) is 0 Å². The highest BCUT2D eigenvalue weighted by Gasteiger charge is 2.11. The number of para-hydroxylation sites is 1. The second-order valence-corrected chi connectivity index (χ2v) is 4.45. The van der Waals surface area contributed by atoms with Crippen LogP contribution >= 0.6 is 0 Å². The molecular formula is C15H13N3O. The minimum atomic E-state index is 0.623. The first-order chi connectivity index (χ1) is 9.29. The van der Waals surface area contributed by atoms with Crippen LogP contribution in [0.15, 0.2) is 41.0 Å². The minimum absolute atomic E-state index is 0.623. The molecule has 0 aliphatic carbocycles. The molecule has 0 spiro atoms. The first-order valence-electron chi connectivity index (χ1n) is 6.16. The van der Waals surface area contributed by atoms with Gasteiger partial charge in [0, 0.05) is 19.9 Å². The summed E-state index contributed by atoms with van der Waals surface area (Å²) in [6.07, 6.45) is 3.29. The lowest BCUT2D eigenvalue weighted by atomic mass is 10.2. The van der Waals surface area contributed by atoms with Gasteiger partial charge in [-0.05, 0) is 24.3 Å². The van der Waals surface area contributed by atoms with Gasteiger partial charge in [-0.25, -0.2) is 4.98 Å². The zero-order valence-corrected chi connectivity index (χ0v) is 10.6. The Kier molecular flexibility index (Phi) is 2.81. The molecule has 3 aromatic rings. The Morgan fingerprint density at radius 1 is 1.26 bits per heavy atom. The molecule has 2 heterocycles. The molecule has 0 saturated heterocycles. The maximum Gasteiger partial charge on any atom is 0.110 e. The van der Waals surface area contributed by atoms with Crippen LogP contribution in [0.3, 0.4) is 0 Å². The first-order valence-corrected chi connectivity index (χ1v) is 6.16. The lowest BCUT2D eigenvalue weighted by Crippen LogP contribution is -1.99. The van der Waals surface area contributed by atoms with Gasteiger partial charge in [0.15, 0.2) is 0 Å². The normalized spacial score (nSPS) is 10.7. The fourth-order valence-electron chi connectivity index (χ4n) is 2.27. The van der Waals surface area contributed by atoms with Gasteiger partial charge >= 0.3 is 0 Å². The molecule has 0 bridgehead atoms. The van der Waals surface area contributed by atoms with Crippen LogP contribution in [-0.4, -0.2) is 9.55 Å². The summed E-state index contributed by atoms with van der Waals surface area (Å²) in [7, 11) is 1.98. The van der Waals surface area contributed by atoms with Gasteiger partial charge in [0.1, 0.15) is 23.2 Å². The van der Waals surface area contributed by atoms with Crippen molar-refractivity contribution in [3.63, 3.8) is 0 Å². The molecule has 0 aliphatic rings. The van der Waals surface area contributed by atoms with E-state index in [1.165, 1.54) is 0 Å². The lowest BCUT2D eigenvalue weighted by molar-refractivity contribution is 0.505. The third-order valence-electron chi connectivity index (χ3n) is 3.30. The molecule has 4 heteroatoms. The van der Waals surface area contributed by atoms with Gasteiger partial charge in [-0.3, -0.25) is 0 Å². The van der Waals surface area contributed by atoms with Crippen LogP contribution in [0.1, 0.15) is 17.1 Å². The molecule has 1 aromatic carbocycles. The number of aromatic nitrogens is 2. The Balaban J connectivity index is 1.96. The third-order valence-corrected chi connectivity index (χ3v) is 3.30. The minimum Gasteiger partial charge on any atom is -0.469 e. The summed E-state index contributed by atoms with van der Waals surface area (Å²) in [5.41, 5.74) is 2.40. The third kappa shape index (κ3) is 2.00. The van der Waals surface area contributed by atoms with Crippen molar-refractivity contribution in [3.05, 3.63) is 53.7 Å². The van der Waals surface area contributed by atoms with Crippen LogP contribution < -0.4 is 0 Å². The van der Waals surface area contributed by atoms with Crippen LogP contribution in [-0.2, 0) is 19.9 Å². The number of rotatable bonds is 3. The fourth-order valence-corrected chi connectivity index (χ4v) is 2.27. The van der Waals surface area contributed by atoms with E-state index in [1.54, 1.807) is 12.3 Å². The molecule has 0 N–H and O–H groups in total. The summed E-state index contributed by atoms with van der Waals surface area (Å²) in [6, 6.07) is 11.7. The van der Waals surface area contributed by atoms with Crippen LogP contribution in [0.5, 0.6) is 0 Å². The van der Waals surface area contributed by atoms with E-state index >= 15 is 0 Å². The van der Waals surface area contributed by atoms with Gasteiger partial charge in [0.25, 0.3) is 0 Å². The van der Waals surface area contributed by atoms with Gasteiger partial charge in [-0.15, -0.1) is 0 Å². The van der Waals surface area contributed by atoms with Crippen LogP contribution in [0.4, 0.5) is 0 Å². The standard InChI is InChI=1S/C15H13N3O/c1-18-13-6-2-4-11(10-16)15(13)17-14(18)8-7-12-5-3-9-19-12/h2-6,9H,7-8H2,1H3. The summed E-state index contributed by atoms with van der Waals surface area (Å²) >= 11 is 0. The second kappa shape index (κ2) is 4.62. The highest BCUT2D eigenvalue weighted by atomic mass is 16.3. The Hall–Kier alpha value is -2.54. The number of fused-ring (bicyclic) bond motifs is 1. The zero-order chi connectivity index (χ0) is 13.2. The predicted molar refractivity (Wildman–Crippen MR) is 71.5 cm³/mol. The SMILES string of the molecule is Cn1c(CCc2ccco2)nc2c(C#N)cccc21. The number of hydrogen-bond donors (Lipinski definition) is 0. The molecule has 0 saturated carbocycles. The summed E-state index contributed by atoms with van der Waals surface area (Å²) in [6.45, 7) is 0. The summed E-state index contributed by atoms with van der Waals surface area (Å²) in [5, 5.41) is 9.10. The van der Waals surface area contributed by atoms with Crippen molar-refractivity contribution < 1.29 is 4.42 Å². The average Bonchev–Trinajstić information content (AvgIpc) is 3.05. The number of hydrogen-bond acceptors (Lipinski definition) is 3. The van der Waals surface area contributed by atoms with E-state index < -0.39 is 0 Å². The van der Waals surface area contributed by atoms with Crippen molar-refractivity contribution in [1.82, 2.24) is 9.55 Å². The van der Waals surface area contributed by atoms with Gasteiger partial charge in [-0.1, -0.05) is 6.07 Å². The number of nitriles is 1. The molecule has 0 radical (unpaired) electrons. The highest BCUT2D eigenvalue weighted by Crippen LogP contribution is 2.19. The summed E-state index contributed by atoms with van der Waals surface area (Å²) in [5.74, 6) is 1.92. The lowest BCUT2D eigenvalue weighted by Gasteiger charge is -2.00.